The lowest BCUT2D eigenvalue weighted by Gasteiger charge is -2.05. The van der Waals surface area contributed by atoms with Crippen LogP contribution in [0.4, 0.5) is 5.82 Å². The largest absolute Gasteiger partial charge is 0.497 e. The fourth-order valence-electron chi connectivity index (χ4n) is 1.36. The lowest BCUT2D eigenvalue weighted by atomic mass is 10.2. The second-order valence-electron chi connectivity index (χ2n) is 2.86. The summed E-state index contributed by atoms with van der Waals surface area (Å²) in [6.07, 6.45) is 1.54. The van der Waals surface area contributed by atoms with Crippen LogP contribution in [0.3, 0.4) is 0 Å². The third-order valence-corrected chi connectivity index (χ3v) is 2.08. The molecular formula is C10H11N3O. The van der Waals surface area contributed by atoms with Crippen LogP contribution in [0.25, 0.3) is 10.9 Å². The zero-order chi connectivity index (χ0) is 9.97. The Morgan fingerprint density at radius 3 is 2.86 bits per heavy atom. The number of aromatic nitrogens is 2. The molecule has 0 saturated carbocycles. The third-order valence-electron chi connectivity index (χ3n) is 2.08. The molecule has 2 aromatic rings. The number of ether oxygens (including phenoxy) is 1. The molecule has 0 aliphatic carbocycles. The predicted molar refractivity (Wildman–Crippen MR) is 55.6 cm³/mol. The summed E-state index contributed by atoms with van der Waals surface area (Å²) in [5.74, 6) is 1.62. The van der Waals surface area contributed by atoms with Gasteiger partial charge in [0, 0.05) is 12.4 Å². The van der Waals surface area contributed by atoms with Gasteiger partial charge in [0.15, 0.2) is 0 Å². The Morgan fingerprint density at radius 1 is 1.29 bits per heavy atom. The Hall–Kier alpha value is -1.84. The summed E-state index contributed by atoms with van der Waals surface area (Å²) >= 11 is 0. The van der Waals surface area contributed by atoms with Crippen LogP contribution < -0.4 is 10.1 Å². The molecule has 0 atom stereocenters. The number of anilines is 1. The number of hydrogen-bond donors (Lipinski definition) is 1. The first kappa shape index (κ1) is 8.74. The van der Waals surface area contributed by atoms with Crippen LogP contribution in [0, 0.1) is 0 Å². The van der Waals surface area contributed by atoms with E-state index in [0.29, 0.717) is 0 Å². The summed E-state index contributed by atoms with van der Waals surface area (Å²) in [7, 11) is 3.48. The van der Waals surface area contributed by atoms with Gasteiger partial charge in [-0.05, 0) is 18.2 Å². The van der Waals surface area contributed by atoms with Gasteiger partial charge in [-0.15, -0.1) is 0 Å². The molecule has 0 radical (unpaired) electrons. The molecule has 2 rings (SSSR count). The Balaban J connectivity index is 2.70. The molecular weight excluding hydrogens is 178 g/mol. The molecule has 1 heterocycles. The van der Waals surface area contributed by atoms with Crippen LogP contribution in [0.2, 0.25) is 0 Å². The highest BCUT2D eigenvalue weighted by Gasteiger charge is 2.02. The molecule has 0 aliphatic rings. The summed E-state index contributed by atoms with van der Waals surface area (Å²) in [5.41, 5.74) is 0.908. The Labute approximate surface area is 81.9 Å². The van der Waals surface area contributed by atoms with Gasteiger partial charge in [0.2, 0.25) is 0 Å². The molecule has 0 amide bonds. The molecule has 0 aliphatic heterocycles. The van der Waals surface area contributed by atoms with Gasteiger partial charge in [0.05, 0.1) is 12.6 Å². The predicted octanol–water partition coefficient (Wildman–Crippen LogP) is 1.68. The normalized spacial score (nSPS) is 10.1. The molecule has 0 fully saturated rings. The highest BCUT2D eigenvalue weighted by Crippen LogP contribution is 2.23. The Morgan fingerprint density at radius 2 is 2.14 bits per heavy atom. The van der Waals surface area contributed by atoms with Crippen molar-refractivity contribution in [2.75, 3.05) is 19.5 Å². The fourth-order valence-corrected chi connectivity index (χ4v) is 1.36. The van der Waals surface area contributed by atoms with E-state index in [1.54, 1.807) is 13.4 Å². The highest BCUT2D eigenvalue weighted by atomic mass is 16.5. The average molecular weight is 189 g/mol. The molecule has 0 spiro atoms. The van der Waals surface area contributed by atoms with Gasteiger partial charge in [-0.3, -0.25) is 0 Å². The van der Waals surface area contributed by atoms with Crippen LogP contribution in [0.1, 0.15) is 0 Å². The minimum Gasteiger partial charge on any atom is -0.497 e. The van der Waals surface area contributed by atoms with E-state index >= 15 is 0 Å². The van der Waals surface area contributed by atoms with Crippen molar-refractivity contribution in [3.63, 3.8) is 0 Å². The van der Waals surface area contributed by atoms with Gasteiger partial charge < -0.3 is 10.1 Å². The molecule has 14 heavy (non-hydrogen) atoms. The van der Waals surface area contributed by atoms with Gasteiger partial charge in [0.1, 0.15) is 17.9 Å². The number of fused-ring (bicyclic) bond motifs is 1. The molecule has 0 saturated heterocycles. The van der Waals surface area contributed by atoms with Crippen LogP contribution in [0.15, 0.2) is 24.5 Å². The molecule has 1 aromatic carbocycles. The maximum Gasteiger partial charge on any atom is 0.137 e. The zero-order valence-corrected chi connectivity index (χ0v) is 8.11. The van der Waals surface area contributed by atoms with E-state index in [9.17, 15) is 0 Å². The van der Waals surface area contributed by atoms with E-state index in [1.807, 2.05) is 25.2 Å². The number of nitrogens with one attached hydrogen (secondary N) is 1. The van der Waals surface area contributed by atoms with E-state index in [-0.39, 0.29) is 0 Å². The number of nitrogens with zero attached hydrogens (tertiary/aromatic N) is 2. The first-order valence-corrected chi connectivity index (χ1v) is 4.31. The summed E-state index contributed by atoms with van der Waals surface area (Å²) in [6.45, 7) is 0. The van der Waals surface area contributed by atoms with Gasteiger partial charge in [-0.1, -0.05) is 0 Å². The minimum atomic E-state index is 0.809. The number of benzene rings is 1. The number of methoxy groups -OCH3 is 1. The van der Waals surface area contributed by atoms with Crippen molar-refractivity contribution < 1.29 is 4.74 Å². The highest BCUT2D eigenvalue weighted by molar-refractivity contribution is 5.89. The number of rotatable bonds is 2. The molecule has 72 valence electrons. The minimum absolute atomic E-state index is 0.809. The average Bonchev–Trinajstić information content (AvgIpc) is 2.27. The van der Waals surface area contributed by atoms with E-state index in [4.69, 9.17) is 4.74 Å². The van der Waals surface area contributed by atoms with Crippen LogP contribution >= 0.6 is 0 Å². The van der Waals surface area contributed by atoms with Crippen LogP contribution in [0.5, 0.6) is 5.75 Å². The second kappa shape index (κ2) is 3.49. The Bertz CT molecular complexity index is 456. The molecule has 0 bridgehead atoms. The SMILES string of the molecule is CNc1ncnc2ccc(OC)cc12. The van der Waals surface area contributed by atoms with Gasteiger partial charge in [-0.25, -0.2) is 9.97 Å². The monoisotopic (exact) mass is 189 g/mol. The molecule has 1 N–H and O–H groups in total. The first-order valence-electron chi connectivity index (χ1n) is 4.31. The van der Waals surface area contributed by atoms with Gasteiger partial charge in [-0.2, -0.15) is 0 Å². The first-order chi connectivity index (χ1) is 6.85. The van der Waals surface area contributed by atoms with Crippen molar-refractivity contribution in [2.45, 2.75) is 0 Å². The standard InChI is InChI=1S/C10H11N3O/c1-11-10-8-5-7(14-2)3-4-9(8)12-6-13-10/h3-6H,1-2H3,(H,11,12,13). The topological polar surface area (TPSA) is 47.0 Å². The second-order valence-corrected chi connectivity index (χ2v) is 2.86. The van der Waals surface area contributed by atoms with Crippen molar-refractivity contribution in [1.82, 2.24) is 9.97 Å². The maximum absolute atomic E-state index is 5.14. The summed E-state index contributed by atoms with van der Waals surface area (Å²) in [4.78, 5) is 8.28. The lowest BCUT2D eigenvalue weighted by molar-refractivity contribution is 0.415. The van der Waals surface area contributed by atoms with E-state index in [2.05, 4.69) is 15.3 Å². The quantitative estimate of drug-likeness (QED) is 0.780. The molecule has 4 nitrogen and oxygen atoms in total. The smallest absolute Gasteiger partial charge is 0.137 e. The fraction of sp³-hybridized carbons (Fsp3) is 0.200. The Kier molecular flexibility index (Phi) is 2.18. The van der Waals surface area contributed by atoms with Crippen molar-refractivity contribution in [3.8, 4) is 5.75 Å². The molecule has 1 aromatic heterocycles. The van der Waals surface area contributed by atoms with Crippen molar-refractivity contribution in [2.24, 2.45) is 0 Å². The van der Waals surface area contributed by atoms with Crippen LogP contribution in [-0.2, 0) is 0 Å². The zero-order valence-electron chi connectivity index (χ0n) is 8.11. The maximum atomic E-state index is 5.14. The number of hydrogen-bond acceptors (Lipinski definition) is 4. The molecule has 0 unspecified atom stereocenters. The summed E-state index contributed by atoms with van der Waals surface area (Å²) < 4.78 is 5.14. The van der Waals surface area contributed by atoms with Crippen molar-refractivity contribution in [1.29, 1.82) is 0 Å². The summed E-state index contributed by atoms with van der Waals surface area (Å²) in [5, 5.41) is 3.98. The van der Waals surface area contributed by atoms with E-state index in [0.717, 1.165) is 22.5 Å². The van der Waals surface area contributed by atoms with Crippen molar-refractivity contribution >= 4 is 16.7 Å². The van der Waals surface area contributed by atoms with Gasteiger partial charge >= 0.3 is 0 Å². The van der Waals surface area contributed by atoms with E-state index < -0.39 is 0 Å². The lowest BCUT2D eigenvalue weighted by Crippen LogP contribution is -1.95. The van der Waals surface area contributed by atoms with E-state index in [1.165, 1.54) is 0 Å². The third kappa shape index (κ3) is 1.35. The summed E-state index contributed by atoms with van der Waals surface area (Å²) in [6, 6.07) is 5.71. The van der Waals surface area contributed by atoms with Gasteiger partial charge in [0.25, 0.3) is 0 Å². The van der Waals surface area contributed by atoms with Crippen LogP contribution in [-0.4, -0.2) is 24.1 Å². The van der Waals surface area contributed by atoms with Crippen molar-refractivity contribution in [3.05, 3.63) is 24.5 Å². The molecule has 4 heteroatoms.